The summed E-state index contributed by atoms with van der Waals surface area (Å²) in [5.41, 5.74) is 0.873. The first-order valence-corrected chi connectivity index (χ1v) is 11.4. The normalized spacial score (nSPS) is 10.9. The summed E-state index contributed by atoms with van der Waals surface area (Å²) in [7, 11) is 0. The number of carboxylic acids is 1. The number of aryl methyl sites for hydroxylation is 1. The lowest BCUT2D eigenvalue weighted by molar-refractivity contribution is -0.139. The first-order chi connectivity index (χ1) is 16.6. The minimum Gasteiger partial charge on any atom is -0.508 e. The molecule has 1 aromatic heterocycles. The maximum absolute atomic E-state index is 14.0. The van der Waals surface area contributed by atoms with Crippen LogP contribution in [0.2, 0.25) is 0 Å². The Hall–Kier alpha value is -4.05. The van der Waals surface area contributed by atoms with Crippen molar-refractivity contribution in [1.82, 2.24) is 10.6 Å². The summed E-state index contributed by atoms with van der Waals surface area (Å²) >= 11 is 1.18. The molecule has 10 heteroatoms. The van der Waals surface area contributed by atoms with Gasteiger partial charge in [-0.15, -0.1) is 11.3 Å². The standard InChI is InChI=1S/C17H15FN2O5S.C8H10O/c1-9(21)10-4-5-11(12(18)7-10)15(22)20-13(17(24)25)8-19-16(23)14-3-2-6-26-14;1-2-7-4-3-5-8(9)6-7/h2-7,13H,8H2,1H3,(H,19,23)(H,20,22)(H,24,25);3-6,9H,2H2,1H3. The number of ketones is 1. The van der Waals surface area contributed by atoms with Gasteiger partial charge < -0.3 is 20.8 Å². The van der Waals surface area contributed by atoms with Crippen LogP contribution in [0.4, 0.5) is 4.39 Å². The fourth-order valence-electron chi connectivity index (χ4n) is 2.82. The molecule has 0 spiro atoms. The van der Waals surface area contributed by atoms with E-state index in [0.29, 0.717) is 10.6 Å². The third kappa shape index (κ3) is 8.35. The van der Waals surface area contributed by atoms with E-state index in [1.165, 1.54) is 29.9 Å². The highest BCUT2D eigenvalue weighted by Gasteiger charge is 2.23. The molecule has 4 N–H and O–H groups in total. The zero-order valence-electron chi connectivity index (χ0n) is 19.1. The second-order valence-corrected chi connectivity index (χ2v) is 8.27. The number of aliphatic carboxylic acids is 1. The number of rotatable bonds is 8. The molecule has 0 radical (unpaired) electrons. The van der Waals surface area contributed by atoms with E-state index in [4.69, 9.17) is 5.11 Å². The van der Waals surface area contributed by atoms with E-state index in [1.54, 1.807) is 29.6 Å². The van der Waals surface area contributed by atoms with Crippen molar-refractivity contribution in [1.29, 1.82) is 0 Å². The highest BCUT2D eigenvalue weighted by atomic mass is 32.1. The summed E-state index contributed by atoms with van der Waals surface area (Å²) in [4.78, 5) is 46.9. The number of amides is 2. The molecule has 1 atom stereocenters. The lowest BCUT2D eigenvalue weighted by Gasteiger charge is -2.15. The average Bonchev–Trinajstić information content (AvgIpc) is 3.36. The quantitative estimate of drug-likeness (QED) is 0.349. The molecule has 0 bridgehead atoms. The van der Waals surface area contributed by atoms with E-state index in [-0.39, 0.29) is 17.9 Å². The van der Waals surface area contributed by atoms with E-state index >= 15 is 0 Å². The van der Waals surface area contributed by atoms with Crippen molar-refractivity contribution in [2.24, 2.45) is 0 Å². The molecule has 2 amide bonds. The van der Waals surface area contributed by atoms with Crippen LogP contribution in [0.1, 0.15) is 49.8 Å². The van der Waals surface area contributed by atoms with Gasteiger partial charge in [-0.2, -0.15) is 0 Å². The largest absolute Gasteiger partial charge is 0.508 e. The maximum Gasteiger partial charge on any atom is 0.328 e. The number of hydrogen-bond acceptors (Lipinski definition) is 6. The van der Waals surface area contributed by atoms with Crippen molar-refractivity contribution in [2.45, 2.75) is 26.3 Å². The summed E-state index contributed by atoms with van der Waals surface area (Å²) in [6.45, 7) is 2.95. The molecule has 0 saturated heterocycles. The van der Waals surface area contributed by atoms with Crippen LogP contribution < -0.4 is 10.6 Å². The third-order valence-corrected chi connectivity index (χ3v) is 5.62. The smallest absolute Gasteiger partial charge is 0.328 e. The molecular formula is C25H25FN2O6S. The highest BCUT2D eigenvalue weighted by Crippen LogP contribution is 2.12. The van der Waals surface area contributed by atoms with E-state index < -0.39 is 35.2 Å². The van der Waals surface area contributed by atoms with Crippen molar-refractivity contribution >= 4 is 34.9 Å². The SMILES string of the molecule is CC(=O)c1ccc(C(=O)NC(CNC(=O)c2cccs2)C(=O)O)c(F)c1.CCc1cccc(O)c1. The Bertz CT molecular complexity index is 1200. The first kappa shape index (κ1) is 27.2. The van der Waals surface area contributed by atoms with Crippen molar-refractivity contribution in [3.63, 3.8) is 0 Å². The number of nitrogens with one attached hydrogen (secondary N) is 2. The first-order valence-electron chi connectivity index (χ1n) is 10.6. The lowest BCUT2D eigenvalue weighted by Crippen LogP contribution is -2.48. The topological polar surface area (TPSA) is 133 Å². The van der Waals surface area contributed by atoms with Crippen LogP contribution >= 0.6 is 11.3 Å². The summed E-state index contributed by atoms with van der Waals surface area (Å²) in [6, 6.07) is 12.4. The second-order valence-electron chi connectivity index (χ2n) is 7.33. The van der Waals surface area contributed by atoms with Crippen LogP contribution in [-0.4, -0.2) is 46.4 Å². The lowest BCUT2D eigenvalue weighted by atomic mass is 10.1. The zero-order chi connectivity index (χ0) is 26.0. The molecule has 184 valence electrons. The molecule has 0 aliphatic heterocycles. The number of Topliss-reactive ketones (excluding diaryl/α,β-unsaturated/α-hetero) is 1. The van der Waals surface area contributed by atoms with Gasteiger partial charge in [0.05, 0.1) is 10.4 Å². The Morgan fingerprint density at radius 3 is 2.29 bits per heavy atom. The number of phenolic OH excluding ortho intramolecular Hbond substituents is 1. The van der Waals surface area contributed by atoms with Crippen molar-refractivity contribution in [3.8, 4) is 5.75 Å². The molecule has 3 rings (SSSR count). The average molecular weight is 501 g/mol. The van der Waals surface area contributed by atoms with Gasteiger partial charge in [0.15, 0.2) is 5.78 Å². The molecule has 35 heavy (non-hydrogen) atoms. The third-order valence-electron chi connectivity index (χ3n) is 4.75. The molecule has 0 aliphatic carbocycles. The van der Waals surface area contributed by atoms with Gasteiger partial charge in [0.25, 0.3) is 11.8 Å². The minimum atomic E-state index is -1.45. The van der Waals surface area contributed by atoms with Gasteiger partial charge in [0, 0.05) is 12.1 Å². The van der Waals surface area contributed by atoms with Gasteiger partial charge in [0.2, 0.25) is 0 Å². The summed E-state index contributed by atoms with van der Waals surface area (Å²) in [5, 5.41) is 24.4. The zero-order valence-corrected chi connectivity index (χ0v) is 19.9. The number of carbonyl (C=O) groups excluding carboxylic acids is 3. The van der Waals surface area contributed by atoms with Crippen molar-refractivity contribution in [3.05, 3.63) is 87.4 Å². The molecule has 2 aromatic carbocycles. The molecule has 3 aromatic rings. The monoisotopic (exact) mass is 500 g/mol. The van der Waals surface area contributed by atoms with E-state index in [9.17, 15) is 28.7 Å². The van der Waals surface area contributed by atoms with Crippen LogP contribution in [-0.2, 0) is 11.2 Å². The van der Waals surface area contributed by atoms with Gasteiger partial charge in [0.1, 0.15) is 17.6 Å². The number of halogens is 1. The van der Waals surface area contributed by atoms with Crippen LogP contribution in [0.3, 0.4) is 0 Å². The van der Waals surface area contributed by atoms with E-state index in [0.717, 1.165) is 18.6 Å². The van der Waals surface area contributed by atoms with Crippen molar-refractivity contribution in [2.75, 3.05) is 6.54 Å². The Kier molecular flexibility index (Phi) is 10.1. The molecule has 1 heterocycles. The predicted molar refractivity (Wildman–Crippen MR) is 129 cm³/mol. The summed E-state index contributed by atoms with van der Waals surface area (Å²) in [6.07, 6.45) is 0.981. The molecule has 0 aliphatic rings. The Balaban J connectivity index is 0.000000402. The number of hydrogen-bond donors (Lipinski definition) is 4. The van der Waals surface area contributed by atoms with Gasteiger partial charge in [-0.3, -0.25) is 14.4 Å². The highest BCUT2D eigenvalue weighted by molar-refractivity contribution is 7.12. The minimum absolute atomic E-state index is 0.0945. The van der Waals surface area contributed by atoms with Crippen LogP contribution in [0.5, 0.6) is 5.75 Å². The Morgan fingerprint density at radius 1 is 1.03 bits per heavy atom. The fourth-order valence-corrected chi connectivity index (χ4v) is 3.46. The second kappa shape index (κ2) is 13.0. The van der Waals surface area contributed by atoms with Gasteiger partial charge in [-0.05, 0) is 54.6 Å². The number of phenols is 1. The summed E-state index contributed by atoms with van der Waals surface area (Å²) < 4.78 is 14.0. The van der Waals surface area contributed by atoms with Crippen LogP contribution in [0.15, 0.2) is 60.0 Å². The van der Waals surface area contributed by atoms with Gasteiger partial charge >= 0.3 is 5.97 Å². The number of aromatic hydroxyl groups is 1. The Labute approximate surface area is 205 Å². The molecular weight excluding hydrogens is 475 g/mol. The number of carbonyl (C=O) groups is 4. The molecule has 1 unspecified atom stereocenters. The van der Waals surface area contributed by atoms with E-state index in [2.05, 4.69) is 17.6 Å². The predicted octanol–water partition coefficient (Wildman–Crippen LogP) is 3.66. The molecule has 0 fully saturated rings. The van der Waals surface area contributed by atoms with Crippen LogP contribution in [0.25, 0.3) is 0 Å². The molecule has 0 saturated carbocycles. The van der Waals surface area contributed by atoms with Gasteiger partial charge in [-0.1, -0.05) is 31.2 Å². The maximum atomic E-state index is 14.0. The summed E-state index contributed by atoms with van der Waals surface area (Å²) in [5.74, 6) is -3.77. The Morgan fingerprint density at radius 2 is 1.77 bits per heavy atom. The van der Waals surface area contributed by atoms with E-state index in [1.807, 2.05) is 12.1 Å². The van der Waals surface area contributed by atoms with Crippen LogP contribution in [0, 0.1) is 5.82 Å². The van der Waals surface area contributed by atoms with Crippen molar-refractivity contribution < 1.29 is 33.8 Å². The van der Waals surface area contributed by atoms with Gasteiger partial charge in [-0.25, -0.2) is 9.18 Å². The number of carboxylic acid groups (broad SMARTS) is 1. The number of thiophene rings is 1. The fraction of sp³-hybridized carbons (Fsp3) is 0.200. The molecule has 8 nitrogen and oxygen atoms in total. The number of benzene rings is 2.